The zero-order chi connectivity index (χ0) is 20.7. The Morgan fingerprint density at radius 2 is 1.63 bits per heavy atom. The fourth-order valence-electron chi connectivity index (χ4n) is 4.26. The second kappa shape index (κ2) is 7.57. The molecule has 1 aromatic heterocycles. The number of likely N-dealkylation sites (tertiary alicyclic amines) is 1. The lowest BCUT2D eigenvalue weighted by atomic mass is 10.0. The number of hydrogen-bond acceptors (Lipinski definition) is 4. The molecule has 0 unspecified atom stereocenters. The molecule has 4 amide bonds. The number of para-hydroxylation sites is 1. The predicted molar refractivity (Wildman–Crippen MR) is 117 cm³/mol. The van der Waals surface area contributed by atoms with Crippen molar-refractivity contribution in [1.29, 1.82) is 0 Å². The highest BCUT2D eigenvalue weighted by Gasteiger charge is 2.41. The molecule has 7 heteroatoms. The SMILES string of the molecule is O=C(c1cc2ccccc2s1)N1CCC(N2CC(=O)N(c3ccccc3)C2=O)CC1. The minimum absolute atomic E-state index is 0.0263. The Morgan fingerprint density at radius 3 is 2.37 bits per heavy atom. The lowest BCUT2D eigenvalue weighted by Gasteiger charge is -2.36. The number of carbonyl (C=O) groups is 3. The van der Waals surface area contributed by atoms with E-state index in [4.69, 9.17) is 0 Å². The van der Waals surface area contributed by atoms with Crippen LogP contribution < -0.4 is 4.90 Å². The van der Waals surface area contributed by atoms with E-state index < -0.39 is 0 Å². The average molecular weight is 420 g/mol. The van der Waals surface area contributed by atoms with Gasteiger partial charge in [0.05, 0.1) is 10.6 Å². The molecule has 0 spiro atoms. The van der Waals surface area contributed by atoms with Crippen molar-refractivity contribution < 1.29 is 14.4 Å². The first-order valence-corrected chi connectivity index (χ1v) is 10.9. The lowest BCUT2D eigenvalue weighted by molar-refractivity contribution is -0.116. The van der Waals surface area contributed by atoms with Gasteiger partial charge in [0.25, 0.3) is 11.8 Å². The zero-order valence-electron chi connectivity index (χ0n) is 16.4. The molecule has 0 N–H and O–H groups in total. The first kappa shape index (κ1) is 18.8. The topological polar surface area (TPSA) is 60.9 Å². The minimum Gasteiger partial charge on any atom is -0.338 e. The van der Waals surface area contributed by atoms with E-state index in [1.165, 1.54) is 16.2 Å². The van der Waals surface area contributed by atoms with E-state index in [0.29, 0.717) is 31.6 Å². The smallest absolute Gasteiger partial charge is 0.332 e. The number of thiophene rings is 1. The van der Waals surface area contributed by atoms with Gasteiger partial charge in [-0.25, -0.2) is 9.69 Å². The number of amides is 4. The highest BCUT2D eigenvalue weighted by molar-refractivity contribution is 7.20. The van der Waals surface area contributed by atoms with Crippen molar-refractivity contribution in [1.82, 2.24) is 9.80 Å². The van der Waals surface area contributed by atoms with Crippen molar-refractivity contribution in [3.8, 4) is 0 Å². The van der Waals surface area contributed by atoms with Crippen LogP contribution in [0.3, 0.4) is 0 Å². The van der Waals surface area contributed by atoms with Crippen molar-refractivity contribution in [2.24, 2.45) is 0 Å². The van der Waals surface area contributed by atoms with Gasteiger partial charge in [-0.15, -0.1) is 11.3 Å². The number of imide groups is 1. The average Bonchev–Trinajstić information content (AvgIpc) is 3.34. The van der Waals surface area contributed by atoms with E-state index in [2.05, 4.69) is 0 Å². The maximum atomic E-state index is 12.9. The van der Waals surface area contributed by atoms with Crippen molar-refractivity contribution in [3.63, 3.8) is 0 Å². The molecule has 3 heterocycles. The molecule has 2 saturated heterocycles. The summed E-state index contributed by atoms with van der Waals surface area (Å²) in [6.45, 7) is 1.27. The molecule has 0 atom stereocenters. The number of fused-ring (bicyclic) bond motifs is 1. The molecule has 2 aliphatic heterocycles. The first-order chi connectivity index (χ1) is 14.6. The van der Waals surface area contributed by atoms with Gasteiger partial charge in [-0.05, 0) is 42.5 Å². The van der Waals surface area contributed by atoms with E-state index in [-0.39, 0.29) is 30.4 Å². The van der Waals surface area contributed by atoms with Crippen molar-refractivity contribution >= 4 is 45.0 Å². The Balaban J connectivity index is 1.25. The van der Waals surface area contributed by atoms with Gasteiger partial charge in [-0.2, -0.15) is 0 Å². The standard InChI is InChI=1S/C23H21N3O3S/c27-21-15-25(23(29)26(21)18-7-2-1-3-8-18)17-10-12-24(13-11-17)22(28)20-14-16-6-4-5-9-19(16)30-20/h1-9,14,17H,10-13,15H2. The lowest BCUT2D eigenvalue weighted by Crippen LogP contribution is -2.48. The number of carbonyl (C=O) groups excluding carboxylic acids is 3. The van der Waals surface area contributed by atoms with Crippen LogP contribution in [0.4, 0.5) is 10.5 Å². The number of hydrogen-bond donors (Lipinski definition) is 0. The summed E-state index contributed by atoms with van der Waals surface area (Å²) in [4.78, 5) is 43.9. The van der Waals surface area contributed by atoms with Gasteiger partial charge in [-0.3, -0.25) is 9.59 Å². The summed E-state index contributed by atoms with van der Waals surface area (Å²) in [5.41, 5.74) is 0.604. The molecule has 0 saturated carbocycles. The third-order valence-electron chi connectivity index (χ3n) is 5.84. The van der Waals surface area contributed by atoms with E-state index in [1.54, 1.807) is 17.0 Å². The Labute approximate surface area is 178 Å². The molecule has 3 aromatic rings. The zero-order valence-corrected chi connectivity index (χ0v) is 17.2. The van der Waals surface area contributed by atoms with E-state index in [1.807, 2.05) is 53.4 Å². The van der Waals surface area contributed by atoms with Crippen LogP contribution in [0, 0.1) is 0 Å². The van der Waals surface area contributed by atoms with Crippen LogP contribution in [0.2, 0.25) is 0 Å². The third kappa shape index (κ3) is 3.25. The molecule has 0 aliphatic carbocycles. The van der Waals surface area contributed by atoms with E-state index >= 15 is 0 Å². The molecule has 0 radical (unpaired) electrons. The van der Waals surface area contributed by atoms with Crippen LogP contribution in [0.25, 0.3) is 10.1 Å². The maximum Gasteiger partial charge on any atom is 0.332 e. The second-order valence-corrected chi connectivity index (χ2v) is 8.73. The summed E-state index contributed by atoms with van der Waals surface area (Å²) in [6, 6.07) is 18.7. The number of rotatable bonds is 3. The Morgan fingerprint density at radius 1 is 0.933 bits per heavy atom. The molecule has 5 rings (SSSR count). The molecule has 2 fully saturated rings. The highest BCUT2D eigenvalue weighted by atomic mass is 32.1. The Kier molecular flexibility index (Phi) is 4.75. The fraction of sp³-hybridized carbons (Fsp3) is 0.261. The van der Waals surface area contributed by atoms with Gasteiger partial charge in [-0.1, -0.05) is 36.4 Å². The summed E-state index contributed by atoms with van der Waals surface area (Å²) < 4.78 is 1.11. The van der Waals surface area contributed by atoms with Crippen LogP contribution in [0.15, 0.2) is 60.7 Å². The van der Waals surface area contributed by atoms with Gasteiger partial charge < -0.3 is 9.80 Å². The molecular weight excluding hydrogens is 398 g/mol. The second-order valence-electron chi connectivity index (χ2n) is 7.65. The van der Waals surface area contributed by atoms with Crippen LogP contribution >= 0.6 is 11.3 Å². The maximum absolute atomic E-state index is 12.9. The molecule has 6 nitrogen and oxygen atoms in total. The molecule has 2 aliphatic rings. The Hall–Kier alpha value is -3.19. The summed E-state index contributed by atoms with van der Waals surface area (Å²) >= 11 is 1.52. The van der Waals surface area contributed by atoms with E-state index in [0.717, 1.165) is 15.0 Å². The molecule has 30 heavy (non-hydrogen) atoms. The molecule has 0 bridgehead atoms. The number of nitrogens with zero attached hydrogens (tertiary/aromatic N) is 3. The minimum atomic E-state index is -0.263. The third-order valence-corrected chi connectivity index (χ3v) is 6.94. The van der Waals surface area contributed by atoms with Crippen LogP contribution in [0.1, 0.15) is 22.5 Å². The van der Waals surface area contributed by atoms with Gasteiger partial charge in [0.1, 0.15) is 6.54 Å². The molecular formula is C23H21N3O3S. The van der Waals surface area contributed by atoms with Crippen LogP contribution in [-0.4, -0.2) is 53.3 Å². The first-order valence-electron chi connectivity index (χ1n) is 10.1. The summed E-state index contributed by atoms with van der Waals surface area (Å²) in [5, 5.41) is 1.09. The van der Waals surface area contributed by atoms with Gasteiger partial charge in [0, 0.05) is 23.8 Å². The van der Waals surface area contributed by atoms with E-state index in [9.17, 15) is 14.4 Å². The largest absolute Gasteiger partial charge is 0.338 e. The number of benzene rings is 2. The predicted octanol–water partition coefficient (Wildman–Crippen LogP) is 3.97. The molecule has 2 aromatic carbocycles. The fourth-order valence-corrected chi connectivity index (χ4v) is 5.29. The number of urea groups is 1. The van der Waals surface area contributed by atoms with Crippen molar-refractivity contribution in [2.75, 3.05) is 24.5 Å². The Bertz CT molecular complexity index is 1090. The number of anilines is 1. The quantitative estimate of drug-likeness (QED) is 0.604. The summed E-state index contributed by atoms with van der Waals surface area (Å²) in [7, 11) is 0. The number of piperidine rings is 1. The highest BCUT2D eigenvalue weighted by Crippen LogP contribution is 2.29. The van der Waals surface area contributed by atoms with Gasteiger partial charge in [0.15, 0.2) is 0 Å². The summed E-state index contributed by atoms with van der Waals surface area (Å²) in [6.07, 6.45) is 1.36. The van der Waals surface area contributed by atoms with Gasteiger partial charge in [0.2, 0.25) is 0 Å². The van der Waals surface area contributed by atoms with Crippen molar-refractivity contribution in [2.45, 2.75) is 18.9 Å². The summed E-state index contributed by atoms with van der Waals surface area (Å²) in [5.74, 6) is -0.153. The van der Waals surface area contributed by atoms with Crippen LogP contribution in [-0.2, 0) is 4.79 Å². The molecule has 152 valence electrons. The van der Waals surface area contributed by atoms with Gasteiger partial charge >= 0.3 is 6.03 Å². The normalized spacial score (nSPS) is 17.9. The van der Waals surface area contributed by atoms with Crippen LogP contribution in [0.5, 0.6) is 0 Å². The van der Waals surface area contributed by atoms with Crippen molar-refractivity contribution in [3.05, 3.63) is 65.5 Å². The monoisotopic (exact) mass is 419 g/mol.